The highest BCUT2D eigenvalue weighted by Crippen LogP contribution is 2.43. The molecule has 2 aliphatic heterocycles. The van der Waals surface area contributed by atoms with E-state index in [2.05, 4.69) is 17.1 Å². The van der Waals surface area contributed by atoms with E-state index in [1.54, 1.807) is 6.07 Å². The highest BCUT2D eigenvalue weighted by Gasteiger charge is 2.45. The van der Waals surface area contributed by atoms with Crippen molar-refractivity contribution in [1.29, 1.82) is 0 Å². The predicted octanol–water partition coefficient (Wildman–Crippen LogP) is 2.28. The molecular formula is C16H17FN4O. The van der Waals surface area contributed by atoms with Gasteiger partial charge in [-0.3, -0.25) is 4.79 Å². The molecule has 0 radical (unpaired) electrons. The van der Waals surface area contributed by atoms with E-state index < -0.39 is 5.82 Å². The third-order valence-corrected chi connectivity index (χ3v) is 4.96. The van der Waals surface area contributed by atoms with Crippen molar-refractivity contribution < 1.29 is 9.18 Å². The van der Waals surface area contributed by atoms with Gasteiger partial charge in [-0.15, -0.1) is 0 Å². The number of fused-ring (bicyclic) bond motifs is 2. The molecule has 1 amide bonds. The maximum absolute atomic E-state index is 13.7. The zero-order valence-corrected chi connectivity index (χ0v) is 12.3. The molecule has 3 fully saturated rings. The van der Waals surface area contributed by atoms with Crippen LogP contribution in [0.2, 0.25) is 0 Å². The van der Waals surface area contributed by atoms with Crippen LogP contribution < -0.4 is 0 Å². The highest BCUT2D eigenvalue weighted by molar-refractivity contribution is 5.98. The second-order valence-corrected chi connectivity index (χ2v) is 6.30. The minimum atomic E-state index is -0.421. The van der Waals surface area contributed by atoms with Crippen molar-refractivity contribution in [3.8, 4) is 5.69 Å². The number of aromatic nitrogens is 3. The molecule has 2 aromatic rings. The molecule has 1 unspecified atom stereocenters. The summed E-state index contributed by atoms with van der Waals surface area (Å²) in [4.78, 5) is 16.2. The summed E-state index contributed by atoms with van der Waals surface area (Å²) in [6.45, 7) is 2.93. The Labute approximate surface area is 127 Å². The fourth-order valence-corrected chi connectivity index (χ4v) is 3.55. The molecule has 1 atom stereocenters. The molecule has 114 valence electrons. The zero-order valence-electron chi connectivity index (χ0n) is 12.3. The van der Waals surface area contributed by atoms with Gasteiger partial charge in [0.15, 0.2) is 0 Å². The van der Waals surface area contributed by atoms with Crippen LogP contribution >= 0.6 is 0 Å². The summed E-state index contributed by atoms with van der Waals surface area (Å²) < 4.78 is 13.7. The first-order valence-corrected chi connectivity index (χ1v) is 7.60. The van der Waals surface area contributed by atoms with Crippen molar-refractivity contribution in [1.82, 2.24) is 19.9 Å². The summed E-state index contributed by atoms with van der Waals surface area (Å²) in [5, 5.41) is 8.12. The summed E-state index contributed by atoms with van der Waals surface area (Å²) in [6, 6.07) is 4.47. The number of rotatable bonds is 2. The van der Waals surface area contributed by atoms with E-state index in [1.165, 1.54) is 29.3 Å². The lowest BCUT2D eigenvalue weighted by atomic mass is 9.68. The highest BCUT2D eigenvalue weighted by atomic mass is 19.1. The van der Waals surface area contributed by atoms with Crippen LogP contribution in [0.15, 0.2) is 30.6 Å². The van der Waals surface area contributed by atoms with Gasteiger partial charge in [0, 0.05) is 12.6 Å². The maximum Gasteiger partial charge on any atom is 0.256 e. The molecule has 2 saturated heterocycles. The number of nitrogens with zero attached hydrogens (tertiary/aromatic N) is 4. The van der Waals surface area contributed by atoms with Crippen LogP contribution in [0.25, 0.3) is 5.69 Å². The lowest BCUT2D eigenvalue weighted by molar-refractivity contribution is -0.0147. The third-order valence-electron chi connectivity index (χ3n) is 4.96. The van der Waals surface area contributed by atoms with Crippen molar-refractivity contribution in [2.45, 2.75) is 25.8 Å². The number of carbonyl (C=O) groups is 1. The predicted molar refractivity (Wildman–Crippen MR) is 78.0 cm³/mol. The van der Waals surface area contributed by atoms with Crippen LogP contribution in [0.1, 0.15) is 30.1 Å². The van der Waals surface area contributed by atoms with Crippen molar-refractivity contribution in [3.05, 3.63) is 42.0 Å². The van der Waals surface area contributed by atoms with Crippen molar-refractivity contribution in [2.75, 3.05) is 6.54 Å². The SMILES string of the molecule is CC1CN(C(=O)c2cc(F)ccc2-n2nccn2)C2CC1C2. The van der Waals surface area contributed by atoms with E-state index in [4.69, 9.17) is 0 Å². The van der Waals surface area contributed by atoms with Crippen LogP contribution in [0, 0.1) is 17.7 Å². The molecule has 5 rings (SSSR count). The van der Waals surface area contributed by atoms with Crippen molar-refractivity contribution in [2.24, 2.45) is 11.8 Å². The maximum atomic E-state index is 13.7. The van der Waals surface area contributed by atoms with Gasteiger partial charge in [-0.05, 0) is 42.9 Å². The number of benzene rings is 1. The Hall–Kier alpha value is -2.24. The lowest BCUT2D eigenvalue weighted by Gasteiger charge is -2.52. The van der Waals surface area contributed by atoms with Gasteiger partial charge >= 0.3 is 0 Å². The topological polar surface area (TPSA) is 51.0 Å². The molecule has 3 heterocycles. The van der Waals surface area contributed by atoms with Gasteiger partial charge in [-0.2, -0.15) is 15.0 Å². The Morgan fingerprint density at radius 1 is 1.27 bits per heavy atom. The van der Waals surface area contributed by atoms with E-state index in [1.807, 2.05) is 4.90 Å². The van der Waals surface area contributed by atoms with Gasteiger partial charge in [0.05, 0.1) is 23.6 Å². The Balaban J connectivity index is 1.72. The number of piperidine rings is 2. The van der Waals surface area contributed by atoms with E-state index in [9.17, 15) is 9.18 Å². The number of amides is 1. The molecule has 6 heteroatoms. The van der Waals surface area contributed by atoms with Crippen LogP contribution in [0.5, 0.6) is 0 Å². The molecule has 3 aliphatic rings. The Morgan fingerprint density at radius 3 is 2.68 bits per heavy atom. The molecule has 5 nitrogen and oxygen atoms in total. The van der Waals surface area contributed by atoms with Gasteiger partial charge in [-0.25, -0.2) is 4.39 Å². The minimum absolute atomic E-state index is 0.123. The van der Waals surface area contributed by atoms with Crippen molar-refractivity contribution >= 4 is 5.91 Å². The molecular weight excluding hydrogens is 283 g/mol. The van der Waals surface area contributed by atoms with Crippen LogP contribution in [-0.4, -0.2) is 38.4 Å². The molecule has 1 aromatic heterocycles. The van der Waals surface area contributed by atoms with Gasteiger partial charge in [0.1, 0.15) is 5.82 Å². The number of carbonyl (C=O) groups excluding carboxylic acids is 1. The monoisotopic (exact) mass is 300 g/mol. The van der Waals surface area contributed by atoms with Crippen LogP contribution in [0.4, 0.5) is 4.39 Å². The summed E-state index contributed by atoms with van der Waals surface area (Å²) in [6.07, 6.45) is 5.21. The largest absolute Gasteiger partial charge is 0.335 e. The standard InChI is InChI=1S/C16H17FN4O/c1-10-9-20(13-6-11(10)7-13)16(22)14-8-12(17)2-3-15(14)21-18-4-5-19-21/h2-5,8,10-11,13H,6-7,9H2,1H3. The second kappa shape index (κ2) is 4.90. The molecule has 1 saturated carbocycles. The smallest absolute Gasteiger partial charge is 0.256 e. The Bertz CT molecular complexity index is 709. The Morgan fingerprint density at radius 2 is 2.00 bits per heavy atom. The first kappa shape index (κ1) is 13.4. The zero-order chi connectivity index (χ0) is 15.3. The summed E-state index contributed by atoms with van der Waals surface area (Å²) in [5.74, 6) is 0.709. The molecule has 0 N–H and O–H groups in total. The Kier molecular flexibility index (Phi) is 2.99. The lowest BCUT2D eigenvalue weighted by Crippen LogP contribution is -2.57. The normalized spacial score (nSPS) is 26.6. The van der Waals surface area contributed by atoms with Gasteiger partial charge in [-0.1, -0.05) is 6.92 Å². The van der Waals surface area contributed by atoms with Gasteiger partial charge < -0.3 is 4.90 Å². The van der Waals surface area contributed by atoms with E-state index >= 15 is 0 Å². The average molecular weight is 300 g/mol. The minimum Gasteiger partial charge on any atom is -0.335 e. The fourth-order valence-electron chi connectivity index (χ4n) is 3.55. The van der Waals surface area contributed by atoms with Crippen LogP contribution in [0.3, 0.4) is 0 Å². The van der Waals surface area contributed by atoms with E-state index in [-0.39, 0.29) is 5.91 Å². The fraction of sp³-hybridized carbons (Fsp3) is 0.438. The molecule has 1 aromatic carbocycles. The first-order chi connectivity index (χ1) is 10.6. The van der Waals surface area contributed by atoms with E-state index in [0.29, 0.717) is 23.2 Å². The molecule has 0 spiro atoms. The average Bonchev–Trinajstić information content (AvgIpc) is 2.98. The number of hydrogen-bond acceptors (Lipinski definition) is 3. The third kappa shape index (κ3) is 2.01. The number of halogens is 1. The van der Waals surface area contributed by atoms with Crippen LogP contribution in [-0.2, 0) is 0 Å². The van der Waals surface area contributed by atoms with Crippen molar-refractivity contribution in [3.63, 3.8) is 0 Å². The quantitative estimate of drug-likeness (QED) is 0.855. The van der Waals surface area contributed by atoms with Gasteiger partial charge in [0.25, 0.3) is 5.91 Å². The van der Waals surface area contributed by atoms with Gasteiger partial charge in [0.2, 0.25) is 0 Å². The molecule has 1 aliphatic carbocycles. The number of hydrogen-bond donors (Lipinski definition) is 0. The second-order valence-electron chi connectivity index (χ2n) is 6.30. The summed E-state index contributed by atoms with van der Waals surface area (Å²) in [5.41, 5.74) is 0.847. The molecule has 2 bridgehead atoms. The van der Waals surface area contributed by atoms with E-state index in [0.717, 1.165) is 25.3 Å². The summed E-state index contributed by atoms with van der Waals surface area (Å²) in [7, 11) is 0. The summed E-state index contributed by atoms with van der Waals surface area (Å²) >= 11 is 0. The first-order valence-electron chi connectivity index (χ1n) is 7.60. The molecule has 22 heavy (non-hydrogen) atoms.